The van der Waals surface area contributed by atoms with Gasteiger partial charge in [-0.25, -0.2) is 4.79 Å². The molecule has 0 amide bonds. The lowest BCUT2D eigenvalue weighted by Gasteiger charge is -2.28. The van der Waals surface area contributed by atoms with E-state index in [1.165, 1.54) is 0 Å². The Morgan fingerprint density at radius 1 is 1.00 bits per heavy atom. The molecule has 1 aromatic rings. The molecule has 0 aliphatic carbocycles. The molecule has 0 fully saturated rings. The minimum absolute atomic E-state index is 0.168. The van der Waals surface area contributed by atoms with E-state index >= 15 is 0 Å². The summed E-state index contributed by atoms with van der Waals surface area (Å²) in [5.74, 6) is -0.545. The second-order valence-corrected chi connectivity index (χ2v) is 6.47. The number of aliphatic hydroxyl groups is 2. The van der Waals surface area contributed by atoms with Crippen molar-refractivity contribution in [3.8, 4) is 0 Å². The van der Waals surface area contributed by atoms with Crippen molar-refractivity contribution < 1.29 is 34.0 Å². The Hall–Kier alpha value is -1.51. The van der Waals surface area contributed by atoms with Crippen molar-refractivity contribution in [1.82, 2.24) is 0 Å². The van der Waals surface area contributed by atoms with Gasteiger partial charge in [0, 0.05) is 13.2 Å². The van der Waals surface area contributed by atoms with Crippen LogP contribution in [0.3, 0.4) is 0 Å². The molecule has 1 aromatic carbocycles. The zero-order chi connectivity index (χ0) is 20.6. The summed E-state index contributed by atoms with van der Waals surface area (Å²) in [6, 6.07) is 8.51. The number of unbranched alkanes of at least 4 members (excludes halogenated alkanes) is 2. The highest BCUT2D eigenvalue weighted by atomic mass is 16.7. The molecule has 0 aliphatic heterocycles. The van der Waals surface area contributed by atoms with Crippen molar-refractivity contribution in [1.29, 1.82) is 0 Å². The predicted octanol–water partition coefficient (Wildman–Crippen LogP) is 2.54. The van der Waals surface area contributed by atoms with Crippen LogP contribution < -0.4 is 0 Å². The quantitative estimate of drug-likeness (QED) is 0.251. The van der Waals surface area contributed by atoms with Gasteiger partial charge in [0.1, 0.15) is 18.8 Å². The number of rotatable bonds is 16. The van der Waals surface area contributed by atoms with Crippen molar-refractivity contribution in [3.63, 3.8) is 0 Å². The van der Waals surface area contributed by atoms with E-state index in [0.717, 1.165) is 25.7 Å². The standard InChI is InChI=1S/C21H34O7/c1-3-5-12-25-15-19(18(14-22)26-13-6-4-2)28-20(23)16-27-21(24)17-10-8-7-9-11-17/h7-11,18-20,22-23H,3-6,12-16H2,1-2H3/t18-,19?,20-/m0/s1. The molecule has 28 heavy (non-hydrogen) atoms. The molecule has 1 unspecified atom stereocenters. The van der Waals surface area contributed by atoms with Crippen LogP contribution in [0.2, 0.25) is 0 Å². The first-order valence-corrected chi connectivity index (χ1v) is 9.98. The van der Waals surface area contributed by atoms with Gasteiger partial charge >= 0.3 is 5.97 Å². The smallest absolute Gasteiger partial charge is 0.338 e. The first kappa shape index (κ1) is 24.5. The van der Waals surface area contributed by atoms with Gasteiger partial charge in [-0.3, -0.25) is 0 Å². The van der Waals surface area contributed by atoms with Crippen molar-refractivity contribution in [2.24, 2.45) is 0 Å². The van der Waals surface area contributed by atoms with Crippen LogP contribution in [0.1, 0.15) is 49.9 Å². The van der Waals surface area contributed by atoms with Gasteiger partial charge in [-0.2, -0.15) is 0 Å². The van der Waals surface area contributed by atoms with Crippen molar-refractivity contribution in [2.45, 2.75) is 58.0 Å². The molecule has 0 bridgehead atoms. The van der Waals surface area contributed by atoms with E-state index in [1.54, 1.807) is 30.3 Å². The topological polar surface area (TPSA) is 94.5 Å². The molecule has 0 aliphatic rings. The summed E-state index contributed by atoms with van der Waals surface area (Å²) in [7, 11) is 0. The van der Waals surface area contributed by atoms with E-state index in [9.17, 15) is 15.0 Å². The Balaban J connectivity index is 2.54. The van der Waals surface area contributed by atoms with Crippen LogP contribution in [-0.2, 0) is 18.9 Å². The molecule has 0 saturated carbocycles. The van der Waals surface area contributed by atoms with Crippen LogP contribution in [-0.4, -0.2) is 67.7 Å². The van der Waals surface area contributed by atoms with Crippen LogP contribution >= 0.6 is 0 Å². The molecule has 160 valence electrons. The van der Waals surface area contributed by atoms with Crippen LogP contribution in [0.15, 0.2) is 30.3 Å². The third-order valence-corrected chi connectivity index (χ3v) is 4.05. The summed E-state index contributed by atoms with van der Waals surface area (Å²) < 4.78 is 21.9. The van der Waals surface area contributed by atoms with Gasteiger partial charge in [0.15, 0.2) is 6.29 Å². The van der Waals surface area contributed by atoms with E-state index in [1.807, 2.05) is 6.92 Å². The van der Waals surface area contributed by atoms with Crippen LogP contribution in [0.25, 0.3) is 0 Å². The van der Waals surface area contributed by atoms with Gasteiger partial charge in [-0.1, -0.05) is 44.9 Å². The second-order valence-electron chi connectivity index (χ2n) is 6.47. The molecule has 2 N–H and O–H groups in total. The Kier molecular flexibility index (Phi) is 13.5. The molecule has 7 heteroatoms. The first-order chi connectivity index (χ1) is 13.6. The maximum atomic E-state index is 12.0. The maximum Gasteiger partial charge on any atom is 0.338 e. The van der Waals surface area contributed by atoms with Gasteiger partial charge in [0.25, 0.3) is 0 Å². The van der Waals surface area contributed by atoms with Crippen molar-refractivity contribution >= 4 is 5.97 Å². The number of hydrogen-bond donors (Lipinski definition) is 2. The van der Waals surface area contributed by atoms with Crippen LogP contribution in [0, 0.1) is 0 Å². The highest BCUT2D eigenvalue weighted by Gasteiger charge is 2.26. The van der Waals surface area contributed by atoms with Gasteiger partial charge in [0.2, 0.25) is 0 Å². The minimum Gasteiger partial charge on any atom is -0.457 e. The fraction of sp³-hybridized carbons (Fsp3) is 0.667. The maximum absolute atomic E-state index is 12.0. The molecule has 0 heterocycles. The lowest BCUT2D eigenvalue weighted by molar-refractivity contribution is -0.207. The SMILES string of the molecule is CCCCOCC(O[C@H](O)COC(=O)c1ccccc1)[C@H](CO)OCCCC. The van der Waals surface area contributed by atoms with Gasteiger partial charge in [-0.15, -0.1) is 0 Å². The van der Waals surface area contributed by atoms with Crippen LogP contribution in [0.5, 0.6) is 0 Å². The minimum atomic E-state index is -1.35. The van der Waals surface area contributed by atoms with Gasteiger partial charge < -0.3 is 29.2 Å². The molecule has 0 spiro atoms. The fourth-order valence-corrected chi connectivity index (χ4v) is 2.38. The van der Waals surface area contributed by atoms with Gasteiger partial charge in [-0.05, 0) is 25.0 Å². The van der Waals surface area contributed by atoms with Crippen LogP contribution in [0.4, 0.5) is 0 Å². The summed E-state index contributed by atoms with van der Waals surface area (Å²) in [6.45, 7) is 4.73. The molecule has 0 radical (unpaired) electrons. The van der Waals surface area contributed by atoms with Crippen molar-refractivity contribution in [3.05, 3.63) is 35.9 Å². The van der Waals surface area contributed by atoms with E-state index in [4.69, 9.17) is 18.9 Å². The Morgan fingerprint density at radius 2 is 1.68 bits per heavy atom. The third-order valence-electron chi connectivity index (χ3n) is 4.05. The molecule has 1 rings (SSSR count). The number of aliphatic hydroxyl groups excluding tert-OH is 2. The molecule has 7 nitrogen and oxygen atoms in total. The normalized spacial score (nSPS) is 14.4. The van der Waals surface area contributed by atoms with Gasteiger partial charge in [0.05, 0.1) is 18.8 Å². The average molecular weight is 398 g/mol. The summed E-state index contributed by atoms with van der Waals surface area (Å²) in [5, 5.41) is 19.8. The Labute approximate surface area is 167 Å². The highest BCUT2D eigenvalue weighted by Crippen LogP contribution is 2.10. The summed E-state index contributed by atoms with van der Waals surface area (Å²) >= 11 is 0. The number of carbonyl (C=O) groups excluding carboxylic acids is 1. The zero-order valence-electron chi connectivity index (χ0n) is 16.9. The lowest BCUT2D eigenvalue weighted by atomic mass is 10.2. The average Bonchev–Trinajstić information content (AvgIpc) is 2.72. The first-order valence-electron chi connectivity index (χ1n) is 9.98. The molecular weight excluding hydrogens is 364 g/mol. The Morgan fingerprint density at radius 3 is 2.32 bits per heavy atom. The van der Waals surface area contributed by atoms with E-state index in [-0.39, 0.29) is 19.8 Å². The summed E-state index contributed by atoms with van der Waals surface area (Å²) in [6.07, 6.45) is 1.07. The molecular formula is C21H34O7. The second kappa shape index (κ2) is 15.4. The predicted molar refractivity (Wildman–Crippen MR) is 105 cm³/mol. The largest absolute Gasteiger partial charge is 0.457 e. The number of benzene rings is 1. The zero-order valence-corrected chi connectivity index (χ0v) is 16.9. The molecule has 3 atom stereocenters. The number of carbonyl (C=O) groups is 1. The number of ether oxygens (including phenoxy) is 4. The van der Waals surface area contributed by atoms with E-state index in [0.29, 0.717) is 18.8 Å². The van der Waals surface area contributed by atoms with Crippen molar-refractivity contribution in [2.75, 3.05) is 33.0 Å². The summed E-state index contributed by atoms with van der Waals surface area (Å²) in [5.41, 5.74) is 0.394. The summed E-state index contributed by atoms with van der Waals surface area (Å²) in [4.78, 5) is 12.0. The third kappa shape index (κ3) is 10.1. The lowest BCUT2D eigenvalue weighted by Crippen LogP contribution is -2.42. The number of esters is 1. The molecule has 0 aromatic heterocycles. The molecule has 0 saturated heterocycles. The number of hydrogen-bond acceptors (Lipinski definition) is 7. The van der Waals surface area contributed by atoms with E-state index < -0.39 is 24.5 Å². The fourth-order valence-electron chi connectivity index (χ4n) is 2.38. The Bertz CT molecular complexity index is 509. The highest BCUT2D eigenvalue weighted by molar-refractivity contribution is 5.89. The monoisotopic (exact) mass is 398 g/mol. The van der Waals surface area contributed by atoms with E-state index in [2.05, 4.69) is 6.92 Å².